The second-order valence-corrected chi connectivity index (χ2v) is 7.14. The number of thioether (sulfide) groups is 1. The zero-order valence-corrected chi connectivity index (χ0v) is 14.4. The molecule has 1 aliphatic heterocycles. The normalized spacial score (nSPS) is 21.3. The quantitative estimate of drug-likeness (QED) is 0.662. The van der Waals surface area contributed by atoms with Crippen LogP contribution in [-0.4, -0.2) is 41.5 Å². The number of benzene rings is 1. The first kappa shape index (κ1) is 17.9. The number of Topliss-reactive ketones (excluding diaryl/α,β-unsaturated/α-hetero) is 1. The minimum atomic E-state index is -0.540. The lowest BCUT2D eigenvalue weighted by Gasteiger charge is -2.38. The molecule has 1 amide bonds. The second-order valence-electron chi connectivity index (χ2n) is 6.09. The first-order chi connectivity index (χ1) is 10.9. The Morgan fingerprint density at radius 3 is 2.78 bits per heavy atom. The van der Waals surface area contributed by atoms with Crippen LogP contribution in [0.4, 0.5) is 4.39 Å². The van der Waals surface area contributed by atoms with E-state index in [4.69, 9.17) is 5.73 Å². The average molecular weight is 338 g/mol. The summed E-state index contributed by atoms with van der Waals surface area (Å²) < 4.78 is 13.8. The van der Waals surface area contributed by atoms with Crippen LogP contribution in [0.15, 0.2) is 23.1 Å². The molecule has 1 heterocycles. The number of nitrogens with two attached hydrogens (primary N) is 1. The molecule has 23 heavy (non-hydrogen) atoms. The zero-order valence-electron chi connectivity index (χ0n) is 13.5. The van der Waals surface area contributed by atoms with E-state index in [0.717, 1.165) is 19.4 Å². The van der Waals surface area contributed by atoms with Crippen molar-refractivity contribution in [3.8, 4) is 0 Å². The first-order valence-corrected chi connectivity index (χ1v) is 8.83. The number of amides is 1. The molecule has 126 valence electrons. The van der Waals surface area contributed by atoms with E-state index in [1.54, 1.807) is 6.07 Å². The van der Waals surface area contributed by atoms with Crippen molar-refractivity contribution in [2.24, 2.45) is 11.7 Å². The van der Waals surface area contributed by atoms with E-state index in [2.05, 4.69) is 6.92 Å². The van der Waals surface area contributed by atoms with Crippen LogP contribution in [0.25, 0.3) is 0 Å². The number of halogens is 1. The Hall–Kier alpha value is -1.40. The van der Waals surface area contributed by atoms with Gasteiger partial charge in [-0.1, -0.05) is 6.92 Å². The van der Waals surface area contributed by atoms with Crippen molar-refractivity contribution < 1.29 is 14.0 Å². The molecule has 4 nitrogen and oxygen atoms in total. The van der Waals surface area contributed by atoms with Crippen LogP contribution in [0.1, 0.15) is 37.0 Å². The number of carbonyl (C=O) groups is 2. The van der Waals surface area contributed by atoms with Gasteiger partial charge in [0.15, 0.2) is 5.78 Å². The van der Waals surface area contributed by atoms with Gasteiger partial charge in [-0.05, 0) is 43.9 Å². The largest absolute Gasteiger partial charge is 0.338 e. The maximum absolute atomic E-state index is 13.8. The lowest BCUT2D eigenvalue weighted by atomic mass is 9.92. The number of likely N-dealkylation sites (tertiary alicyclic amines) is 1. The summed E-state index contributed by atoms with van der Waals surface area (Å²) in [5.41, 5.74) is 5.86. The number of nitrogens with zero attached hydrogens (tertiary/aromatic N) is 1. The van der Waals surface area contributed by atoms with Crippen molar-refractivity contribution in [2.45, 2.75) is 37.6 Å². The number of ketones is 1. The highest BCUT2D eigenvalue weighted by molar-refractivity contribution is 8.00. The van der Waals surface area contributed by atoms with E-state index in [0.29, 0.717) is 17.4 Å². The summed E-state index contributed by atoms with van der Waals surface area (Å²) in [6.45, 7) is 4.72. The van der Waals surface area contributed by atoms with Crippen LogP contribution in [0, 0.1) is 11.7 Å². The van der Waals surface area contributed by atoms with Crippen molar-refractivity contribution in [2.75, 3.05) is 18.8 Å². The highest BCUT2D eigenvalue weighted by Crippen LogP contribution is 2.25. The van der Waals surface area contributed by atoms with Crippen LogP contribution in [0.5, 0.6) is 0 Å². The third kappa shape index (κ3) is 4.54. The molecule has 0 saturated carbocycles. The Kier molecular flexibility index (Phi) is 6.18. The number of hydrogen-bond acceptors (Lipinski definition) is 4. The van der Waals surface area contributed by atoms with Crippen LogP contribution in [-0.2, 0) is 4.79 Å². The Morgan fingerprint density at radius 2 is 2.17 bits per heavy atom. The first-order valence-electron chi connectivity index (χ1n) is 7.85. The molecule has 1 aromatic rings. The summed E-state index contributed by atoms with van der Waals surface area (Å²) in [6.07, 6.45) is 1.93. The van der Waals surface area contributed by atoms with Gasteiger partial charge in [-0.15, -0.1) is 11.8 Å². The van der Waals surface area contributed by atoms with E-state index < -0.39 is 5.82 Å². The van der Waals surface area contributed by atoms with Gasteiger partial charge in [-0.25, -0.2) is 4.39 Å². The minimum absolute atomic E-state index is 0.0356. The van der Waals surface area contributed by atoms with E-state index >= 15 is 0 Å². The molecule has 1 aliphatic rings. The van der Waals surface area contributed by atoms with Gasteiger partial charge >= 0.3 is 0 Å². The molecule has 2 rings (SSSR count). The summed E-state index contributed by atoms with van der Waals surface area (Å²) in [6, 6.07) is 4.56. The number of carbonyl (C=O) groups excluding carboxylic acids is 2. The fourth-order valence-corrected chi connectivity index (χ4v) is 3.71. The fourth-order valence-electron chi connectivity index (χ4n) is 2.90. The predicted molar refractivity (Wildman–Crippen MR) is 90.1 cm³/mol. The van der Waals surface area contributed by atoms with Gasteiger partial charge in [0.05, 0.1) is 11.3 Å². The highest BCUT2D eigenvalue weighted by Gasteiger charge is 2.28. The molecule has 0 radical (unpaired) electrons. The monoisotopic (exact) mass is 338 g/mol. The predicted octanol–water partition coefficient (Wildman–Crippen LogP) is 2.71. The molecule has 2 atom stereocenters. The summed E-state index contributed by atoms with van der Waals surface area (Å²) in [5.74, 6) is 0.0378. The smallest absolute Gasteiger partial charge is 0.233 e. The fraction of sp³-hybridized carbons (Fsp3) is 0.529. The zero-order chi connectivity index (χ0) is 17.0. The number of piperidine rings is 1. The third-order valence-electron chi connectivity index (χ3n) is 4.25. The molecule has 2 unspecified atom stereocenters. The Morgan fingerprint density at radius 1 is 1.43 bits per heavy atom. The molecule has 6 heteroatoms. The number of hydrogen-bond donors (Lipinski definition) is 1. The van der Waals surface area contributed by atoms with Crippen molar-refractivity contribution >= 4 is 23.5 Å². The Bertz CT molecular complexity index is 594. The average Bonchev–Trinajstić information content (AvgIpc) is 2.52. The summed E-state index contributed by atoms with van der Waals surface area (Å²) in [4.78, 5) is 26.1. The third-order valence-corrected chi connectivity index (χ3v) is 5.23. The maximum Gasteiger partial charge on any atom is 0.233 e. The van der Waals surface area contributed by atoms with E-state index in [-0.39, 0.29) is 29.0 Å². The van der Waals surface area contributed by atoms with Crippen LogP contribution in [0.3, 0.4) is 0 Å². The van der Waals surface area contributed by atoms with E-state index in [9.17, 15) is 14.0 Å². The van der Waals surface area contributed by atoms with Crippen molar-refractivity contribution in [3.63, 3.8) is 0 Å². The maximum atomic E-state index is 13.8. The minimum Gasteiger partial charge on any atom is -0.338 e. The molecule has 1 saturated heterocycles. The highest BCUT2D eigenvalue weighted by atomic mass is 32.2. The molecule has 2 N–H and O–H groups in total. The molecule has 1 aromatic carbocycles. The molecular formula is C17H23FN2O2S. The molecule has 0 spiro atoms. The van der Waals surface area contributed by atoms with Gasteiger partial charge in [-0.3, -0.25) is 9.59 Å². The molecule has 0 aliphatic carbocycles. The number of rotatable bonds is 5. The topological polar surface area (TPSA) is 63.4 Å². The van der Waals surface area contributed by atoms with Crippen molar-refractivity contribution in [1.29, 1.82) is 0 Å². The summed E-state index contributed by atoms with van der Waals surface area (Å²) in [5, 5.41) is 0. The Labute approximate surface area is 140 Å². The Balaban J connectivity index is 1.96. The SMILES string of the molecule is CC(=O)c1ccc(SCC(=O)N2CCC(C)CC2CN)cc1F. The standard InChI is InChI=1S/C17H23FN2O2S/c1-11-5-6-20(13(7-11)9-19)17(22)10-23-14-3-4-15(12(2)21)16(18)8-14/h3-4,8,11,13H,5-7,9-10,19H2,1-2H3. The van der Waals surface area contributed by atoms with Crippen molar-refractivity contribution in [1.82, 2.24) is 4.90 Å². The van der Waals surface area contributed by atoms with Gasteiger partial charge in [0.25, 0.3) is 0 Å². The van der Waals surface area contributed by atoms with Gasteiger partial charge in [0.1, 0.15) is 5.82 Å². The lowest BCUT2D eigenvalue weighted by Crippen LogP contribution is -2.49. The van der Waals surface area contributed by atoms with Crippen LogP contribution in [0.2, 0.25) is 0 Å². The van der Waals surface area contributed by atoms with Crippen LogP contribution < -0.4 is 5.73 Å². The van der Waals surface area contributed by atoms with Crippen LogP contribution >= 0.6 is 11.8 Å². The van der Waals surface area contributed by atoms with Gasteiger partial charge in [0.2, 0.25) is 5.91 Å². The summed E-state index contributed by atoms with van der Waals surface area (Å²) in [7, 11) is 0. The molecule has 0 bridgehead atoms. The summed E-state index contributed by atoms with van der Waals surface area (Å²) >= 11 is 1.29. The van der Waals surface area contributed by atoms with Gasteiger partial charge < -0.3 is 10.6 Å². The van der Waals surface area contributed by atoms with Crippen molar-refractivity contribution in [3.05, 3.63) is 29.6 Å². The molecule has 0 aromatic heterocycles. The van der Waals surface area contributed by atoms with Gasteiger partial charge in [-0.2, -0.15) is 0 Å². The molecule has 1 fully saturated rings. The van der Waals surface area contributed by atoms with E-state index in [1.165, 1.54) is 30.8 Å². The second kappa shape index (κ2) is 7.93. The van der Waals surface area contributed by atoms with E-state index in [1.807, 2.05) is 4.90 Å². The van der Waals surface area contributed by atoms with Gasteiger partial charge in [0, 0.05) is 24.0 Å². The molecular weight excluding hydrogens is 315 g/mol. The lowest BCUT2D eigenvalue weighted by molar-refractivity contribution is -0.132.